The molecular weight excluding hydrogens is 368 g/mol. The number of aromatic carboxylic acids is 1. The quantitative estimate of drug-likeness (QED) is 0.601. The third-order valence-electron chi connectivity index (χ3n) is 5.39. The number of fused-ring (bicyclic) bond motifs is 1. The molecule has 0 spiro atoms. The number of carboxylic acids is 1. The third-order valence-corrected chi connectivity index (χ3v) is 5.39. The van der Waals surface area contributed by atoms with Gasteiger partial charge in [-0.1, -0.05) is 12.1 Å². The average Bonchev–Trinajstić information content (AvgIpc) is 2.70. The van der Waals surface area contributed by atoms with E-state index >= 15 is 0 Å². The van der Waals surface area contributed by atoms with Gasteiger partial charge in [0.1, 0.15) is 17.1 Å². The summed E-state index contributed by atoms with van der Waals surface area (Å²) in [5.41, 5.74) is 7.51. The van der Waals surface area contributed by atoms with E-state index in [1.807, 2.05) is 36.4 Å². The van der Waals surface area contributed by atoms with Crippen molar-refractivity contribution in [1.29, 1.82) is 0 Å². The number of nitrogens with two attached hydrogens (primary N) is 1. The number of nitrogens with zero attached hydrogens (tertiary/aromatic N) is 2. The van der Waals surface area contributed by atoms with Crippen molar-refractivity contribution in [1.82, 2.24) is 9.97 Å². The van der Waals surface area contributed by atoms with Crippen LogP contribution in [0.5, 0.6) is 5.75 Å². The predicted octanol–water partition coefficient (Wildman–Crippen LogP) is 4.02. The highest BCUT2D eigenvalue weighted by molar-refractivity contribution is 6.06. The lowest BCUT2D eigenvalue weighted by molar-refractivity contribution is 0.0697. The Morgan fingerprint density at radius 1 is 1.17 bits per heavy atom. The highest BCUT2D eigenvalue weighted by Crippen LogP contribution is 2.35. The molecule has 7 nitrogen and oxygen atoms in total. The lowest BCUT2D eigenvalue weighted by atomic mass is 9.93. The Morgan fingerprint density at radius 2 is 1.97 bits per heavy atom. The SMILES string of the molecule is Cc1nc2cccc(O[C@H]3CC[C@H](Nc4ccccn4)CC3)c2c(N)c1C(=O)O. The fraction of sp³-hybridized carbons (Fsp3) is 0.318. The van der Waals surface area contributed by atoms with E-state index in [9.17, 15) is 9.90 Å². The van der Waals surface area contributed by atoms with Crippen molar-refractivity contribution in [3.63, 3.8) is 0 Å². The van der Waals surface area contributed by atoms with E-state index < -0.39 is 5.97 Å². The molecule has 0 bridgehead atoms. The number of aromatic nitrogens is 2. The largest absolute Gasteiger partial charge is 0.490 e. The molecule has 0 aliphatic heterocycles. The number of nitrogen functional groups attached to an aromatic ring is 1. The Balaban J connectivity index is 1.50. The maximum absolute atomic E-state index is 11.6. The molecular formula is C22H24N4O3. The molecule has 1 aliphatic rings. The van der Waals surface area contributed by atoms with Crippen LogP contribution in [0.4, 0.5) is 11.5 Å². The minimum absolute atomic E-state index is 0.0387. The zero-order chi connectivity index (χ0) is 20.4. The van der Waals surface area contributed by atoms with E-state index in [1.54, 1.807) is 13.1 Å². The van der Waals surface area contributed by atoms with E-state index in [-0.39, 0.29) is 17.4 Å². The van der Waals surface area contributed by atoms with Gasteiger partial charge in [-0.2, -0.15) is 0 Å². The molecule has 3 aromatic rings. The van der Waals surface area contributed by atoms with E-state index in [1.165, 1.54) is 0 Å². The highest BCUT2D eigenvalue weighted by Gasteiger charge is 2.24. The minimum atomic E-state index is -1.08. The number of anilines is 2. The van der Waals surface area contributed by atoms with Gasteiger partial charge in [0, 0.05) is 12.2 Å². The number of carboxylic acid groups (broad SMARTS) is 1. The molecule has 2 aromatic heterocycles. The average molecular weight is 392 g/mol. The number of pyridine rings is 2. The van der Waals surface area contributed by atoms with E-state index in [4.69, 9.17) is 10.5 Å². The minimum Gasteiger partial charge on any atom is -0.490 e. The summed E-state index contributed by atoms with van der Waals surface area (Å²) >= 11 is 0. The van der Waals surface area contributed by atoms with Crippen LogP contribution in [0, 0.1) is 6.92 Å². The molecule has 4 N–H and O–H groups in total. The van der Waals surface area contributed by atoms with Crippen LogP contribution in [0.3, 0.4) is 0 Å². The normalized spacial score (nSPS) is 19.1. The zero-order valence-corrected chi connectivity index (χ0v) is 16.3. The van der Waals surface area contributed by atoms with Crippen LogP contribution in [-0.4, -0.2) is 33.2 Å². The van der Waals surface area contributed by atoms with Gasteiger partial charge in [0.2, 0.25) is 0 Å². The van der Waals surface area contributed by atoms with Gasteiger partial charge in [-0.3, -0.25) is 4.98 Å². The maximum atomic E-state index is 11.6. The first-order chi connectivity index (χ1) is 14.0. The molecule has 7 heteroatoms. The zero-order valence-electron chi connectivity index (χ0n) is 16.3. The Bertz CT molecular complexity index is 1030. The molecule has 1 aliphatic carbocycles. The smallest absolute Gasteiger partial charge is 0.339 e. The Labute approximate surface area is 168 Å². The van der Waals surface area contributed by atoms with Crippen molar-refractivity contribution in [3.05, 3.63) is 53.9 Å². The number of nitrogens with one attached hydrogen (secondary N) is 1. The lowest BCUT2D eigenvalue weighted by Gasteiger charge is -2.30. The molecule has 2 heterocycles. The summed E-state index contributed by atoms with van der Waals surface area (Å²) in [6, 6.07) is 11.7. The molecule has 1 fully saturated rings. The van der Waals surface area contributed by atoms with Crippen molar-refractivity contribution in [2.45, 2.75) is 44.8 Å². The number of rotatable bonds is 5. The summed E-state index contributed by atoms with van der Waals surface area (Å²) < 4.78 is 6.27. The van der Waals surface area contributed by atoms with Gasteiger partial charge in [0.15, 0.2) is 0 Å². The summed E-state index contributed by atoms with van der Waals surface area (Å²) in [6.45, 7) is 1.66. The number of aryl methyl sites for hydroxylation is 1. The van der Waals surface area contributed by atoms with Gasteiger partial charge in [0.25, 0.3) is 0 Å². The predicted molar refractivity (Wildman–Crippen MR) is 112 cm³/mol. The molecule has 29 heavy (non-hydrogen) atoms. The van der Waals surface area contributed by atoms with Crippen molar-refractivity contribution in [2.75, 3.05) is 11.1 Å². The summed E-state index contributed by atoms with van der Waals surface area (Å²) in [4.78, 5) is 20.3. The van der Waals surface area contributed by atoms with E-state index in [0.717, 1.165) is 31.5 Å². The number of hydrogen-bond donors (Lipinski definition) is 3. The monoisotopic (exact) mass is 392 g/mol. The van der Waals surface area contributed by atoms with Crippen molar-refractivity contribution < 1.29 is 14.6 Å². The first-order valence-corrected chi connectivity index (χ1v) is 9.79. The Hall–Kier alpha value is -3.35. The second kappa shape index (κ2) is 7.95. The van der Waals surface area contributed by atoms with Gasteiger partial charge < -0.3 is 20.9 Å². The summed E-state index contributed by atoms with van der Waals surface area (Å²) in [6.07, 6.45) is 5.57. The van der Waals surface area contributed by atoms with Crippen molar-refractivity contribution in [3.8, 4) is 5.75 Å². The Kier molecular flexibility index (Phi) is 5.20. The van der Waals surface area contributed by atoms with Gasteiger partial charge in [-0.05, 0) is 56.9 Å². The van der Waals surface area contributed by atoms with Crippen molar-refractivity contribution >= 4 is 28.4 Å². The van der Waals surface area contributed by atoms with Crippen LogP contribution < -0.4 is 15.8 Å². The highest BCUT2D eigenvalue weighted by atomic mass is 16.5. The Morgan fingerprint density at radius 3 is 2.66 bits per heavy atom. The van der Waals surface area contributed by atoms with Crippen LogP contribution in [0.1, 0.15) is 41.7 Å². The van der Waals surface area contributed by atoms with Gasteiger partial charge in [-0.25, -0.2) is 9.78 Å². The molecule has 150 valence electrons. The maximum Gasteiger partial charge on any atom is 0.339 e. The van der Waals surface area contributed by atoms with Gasteiger partial charge >= 0.3 is 5.97 Å². The molecule has 0 atom stereocenters. The molecule has 0 radical (unpaired) electrons. The van der Waals surface area contributed by atoms with Crippen LogP contribution in [0.25, 0.3) is 10.9 Å². The first kappa shape index (κ1) is 19.0. The molecule has 0 unspecified atom stereocenters. The lowest BCUT2D eigenvalue weighted by Crippen LogP contribution is -2.31. The second-order valence-corrected chi connectivity index (χ2v) is 7.39. The topological polar surface area (TPSA) is 110 Å². The number of hydrogen-bond acceptors (Lipinski definition) is 6. The molecule has 0 saturated heterocycles. The number of carbonyl (C=O) groups is 1. The first-order valence-electron chi connectivity index (χ1n) is 9.79. The van der Waals surface area contributed by atoms with Crippen LogP contribution in [-0.2, 0) is 0 Å². The fourth-order valence-electron chi connectivity index (χ4n) is 3.97. The molecule has 1 saturated carbocycles. The molecule has 4 rings (SSSR count). The number of benzene rings is 1. The van der Waals surface area contributed by atoms with E-state index in [0.29, 0.717) is 28.4 Å². The summed E-state index contributed by atoms with van der Waals surface area (Å²) in [5.74, 6) is 0.405. The van der Waals surface area contributed by atoms with Crippen LogP contribution in [0.15, 0.2) is 42.6 Å². The summed E-state index contributed by atoms with van der Waals surface area (Å²) in [7, 11) is 0. The van der Waals surface area contributed by atoms with Crippen LogP contribution in [0.2, 0.25) is 0 Å². The molecule has 0 amide bonds. The van der Waals surface area contributed by atoms with Gasteiger partial charge in [-0.15, -0.1) is 0 Å². The van der Waals surface area contributed by atoms with Gasteiger partial charge in [0.05, 0.1) is 28.4 Å². The third kappa shape index (κ3) is 3.94. The van der Waals surface area contributed by atoms with Crippen LogP contribution >= 0.6 is 0 Å². The number of ether oxygens (including phenoxy) is 1. The fourth-order valence-corrected chi connectivity index (χ4v) is 3.97. The summed E-state index contributed by atoms with van der Waals surface area (Å²) in [5, 5.41) is 13.5. The van der Waals surface area contributed by atoms with Crippen molar-refractivity contribution in [2.24, 2.45) is 0 Å². The van der Waals surface area contributed by atoms with E-state index in [2.05, 4.69) is 15.3 Å². The second-order valence-electron chi connectivity index (χ2n) is 7.39. The molecule has 1 aromatic carbocycles. The standard InChI is InChI=1S/C22H24N4O3/c1-13-19(22(27)28)21(23)20-16(25-13)5-4-6-17(20)29-15-10-8-14(9-11-15)26-18-7-2-3-12-24-18/h2-7,12,14-15H,8-11H2,1H3,(H2,23,25)(H,24,26)(H,27,28)/t14-,15-.